The van der Waals surface area contributed by atoms with Crippen LogP contribution in [0.2, 0.25) is 0 Å². The van der Waals surface area contributed by atoms with E-state index in [-0.39, 0.29) is 11.9 Å². The molecule has 4 nitrogen and oxygen atoms in total. The molecule has 3 aromatic rings. The molecule has 0 N–H and O–H groups in total. The number of carbonyl (C=O) groups excluding carboxylic acids is 1. The van der Waals surface area contributed by atoms with Gasteiger partial charge in [0.1, 0.15) is 17.1 Å². The fourth-order valence-electron chi connectivity index (χ4n) is 3.84. The summed E-state index contributed by atoms with van der Waals surface area (Å²) in [6.45, 7) is 2.70. The lowest BCUT2D eigenvalue weighted by Crippen LogP contribution is -2.38. The van der Waals surface area contributed by atoms with E-state index in [9.17, 15) is 4.79 Å². The van der Waals surface area contributed by atoms with Gasteiger partial charge in [0.25, 0.3) is 5.91 Å². The van der Waals surface area contributed by atoms with Gasteiger partial charge in [-0.3, -0.25) is 4.79 Å². The Bertz CT molecular complexity index is 943. The van der Waals surface area contributed by atoms with Crippen LogP contribution in [0.25, 0.3) is 11.0 Å². The highest BCUT2D eigenvalue weighted by molar-refractivity contribution is 5.98. The fourth-order valence-corrected chi connectivity index (χ4v) is 3.84. The molecule has 4 rings (SSSR count). The number of amides is 1. The molecule has 0 bridgehead atoms. The summed E-state index contributed by atoms with van der Waals surface area (Å²) in [4.78, 5) is 15.3. The van der Waals surface area contributed by atoms with Gasteiger partial charge in [-0.2, -0.15) is 0 Å². The van der Waals surface area contributed by atoms with Crippen LogP contribution in [0.3, 0.4) is 0 Å². The topological polar surface area (TPSA) is 42.7 Å². The molecule has 0 saturated carbocycles. The summed E-state index contributed by atoms with van der Waals surface area (Å²) in [5, 5.41) is 0.975. The van der Waals surface area contributed by atoms with E-state index in [4.69, 9.17) is 9.15 Å². The van der Waals surface area contributed by atoms with Crippen LogP contribution in [0, 0.1) is 6.92 Å². The van der Waals surface area contributed by atoms with Gasteiger partial charge in [-0.25, -0.2) is 0 Å². The Hall–Kier alpha value is -2.75. The Labute approximate surface area is 153 Å². The summed E-state index contributed by atoms with van der Waals surface area (Å²) in [7, 11) is 1.67. The minimum absolute atomic E-state index is 0.0817. The summed E-state index contributed by atoms with van der Waals surface area (Å²) in [6, 6.07) is 15.8. The summed E-state index contributed by atoms with van der Waals surface area (Å²) >= 11 is 0. The Morgan fingerprint density at radius 2 is 2.04 bits per heavy atom. The van der Waals surface area contributed by atoms with E-state index < -0.39 is 0 Å². The second-order valence-electron chi connectivity index (χ2n) is 6.90. The smallest absolute Gasteiger partial charge is 0.254 e. The van der Waals surface area contributed by atoms with Crippen molar-refractivity contribution in [1.82, 2.24) is 4.90 Å². The van der Waals surface area contributed by atoms with Crippen LogP contribution >= 0.6 is 0 Å². The number of hydrogen-bond donors (Lipinski definition) is 0. The van der Waals surface area contributed by atoms with Crippen molar-refractivity contribution in [2.24, 2.45) is 0 Å². The molecule has 1 aliphatic heterocycles. The summed E-state index contributed by atoms with van der Waals surface area (Å²) in [5.41, 5.74) is 2.67. The van der Waals surface area contributed by atoms with Crippen molar-refractivity contribution in [3.63, 3.8) is 0 Å². The second-order valence-corrected chi connectivity index (χ2v) is 6.90. The third kappa shape index (κ3) is 3.07. The number of fused-ring (bicyclic) bond motifs is 1. The number of likely N-dealkylation sites (tertiary alicyclic amines) is 1. The van der Waals surface area contributed by atoms with Crippen LogP contribution in [0.5, 0.6) is 5.75 Å². The van der Waals surface area contributed by atoms with E-state index >= 15 is 0 Å². The lowest BCUT2D eigenvalue weighted by molar-refractivity contribution is 0.0611. The van der Waals surface area contributed by atoms with Gasteiger partial charge in [-0.1, -0.05) is 12.1 Å². The molecule has 1 amide bonds. The largest absolute Gasteiger partial charge is 0.497 e. The molecule has 26 heavy (non-hydrogen) atoms. The zero-order valence-corrected chi connectivity index (χ0v) is 15.2. The highest BCUT2D eigenvalue weighted by atomic mass is 16.5. The maximum Gasteiger partial charge on any atom is 0.254 e. The maximum absolute atomic E-state index is 13.3. The Morgan fingerprint density at radius 3 is 2.88 bits per heavy atom. The van der Waals surface area contributed by atoms with Crippen LogP contribution in [-0.2, 0) is 0 Å². The quantitative estimate of drug-likeness (QED) is 0.659. The van der Waals surface area contributed by atoms with Gasteiger partial charge >= 0.3 is 0 Å². The molecule has 0 unspecified atom stereocenters. The Morgan fingerprint density at radius 1 is 1.15 bits per heavy atom. The van der Waals surface area contributed by atoms with Crippen molar-refractivity contribution < 1.29 is 13.9 Å². The number of methoxy groups -OCH3 is 1. The highest BCUT2D eigenvalue weighted by Gasteiger charge is 2.29. The monoisotopic (exact) mass is 349 g/mol. The molecule has 1 aliphatic rings. The fraction of sp³-hybridized carbons (Fsp3) is 0.318. The van der Waals surface area contributed by atoms with E-state index in [1.165, 1.54) is 0 Å². The lowest BCUT2D eigenvalue weighted by atomic mass is 9.94. The molecule has 134 valence electrons. The van der Waals surface area contributed by atoms with Crippen LogP contribution in [-0.4, -0.2) is 24.5 Å². The van der Waals surface area contributed by atoms with Crippen molar-refractivity contribution in [1.29, 1.82) is 0 Å². The first-order valence-electron chi connectivity index (χ1n) is 9.11. The summed E-state index contributed by atoms with van der Waals surface area (Å²) < 4.78 is 11.0. The molecule has 1 atom stereocenters. The number of carbonyl (C=O) groups is 1. The number of ether oxygens (including phenoxy) is 1. The van der Waals surface area contributed by atoms with E-state index in [1.807, 2.05) is 54.3 Å². The van der Waals surface area contributed by atoms with Crippen molar-refractivity contribution in [2.75, 3.05) is 13.7 Å². The molecule has 0 radical (unpaired) electrons. The number of benzene rings is 2. The van der Waals surface area contributed by atoms with Crippen LogP contribution in [0.1, 0.15) is 47.0 Å². The number of rotatable bonds is 3. The number of aryl methyl sites for hydroxylation is 1. The molecule has 1 fully saturated rings. The van der Waals surface area contributed by atoms with Crippen molar-refractivity contribution >= 4 is 16.9 Å². The van der Waals surface area contributed by atoms with Crippen molar-refractivity contribution in [2.45, 2.75) is 32.2 Å². The first-order chi connectivity index (χ1) is 12.7. The number of piperidine rings is 1. The molecule has 2 aromatic carbocycles. The summed E-state index contributed by atoms with van der Waals surface area (Å²) in [6.07, 6.45) is 3.15. The predicted octanol–water partition coefficient (Wildman–Crippen LogP) is 5.12. The minimum Gasteiger partial charge on any atom is -0.497 e. The molecule has 0 aliphatic carbocycles. The molecule has 1 aromatic heterocycles. The molecular weight excluding hydrogens is 326 g/mol. The first-order valence-corrected chi connectivity index (χ1v) is 9.11. The normalized spacial score (nSPS) is 17.5. The Kier molecular flexibility index (Phi) is 4.41. The average Bonchev–Trinajstić information content (AvgIpc) is 3.06. The van der Waals surface area contributed by atoms with Crippen LogP contribution in [0.15, 0.2) is 52.9 Å². The van der Waals surface area contributed by atoms with E-state index in [1.54, 1.807) is 7.11 Å². The summed E-state index contributed by atoms with van der Waals surface area (Å²) in [5.74, 6) is 1.77. The van der Waals surface area contributed by atoms with Crippen LogP contribution in [0.4, 0.5) is 0 Å². The van der Waals surface area contributed by atoms with Gasteiger partial charge in [0.05, 0.1) is 13.2 Å². The molecule has 0 spiro atoms. The van der Waals surface area contributed by atoms with E-state index in [0.717, 1.165) is 53.8 Å². The highest BCUT2D eigenvalue weighted by Crippen LogP contribution is 2.34. The zero-order chi connectivity index (χ0) is 18.1. The minimum atomic E-state index is 0.0817. The van der Waals surface area contributed by atoms with Crippen molar-refractivity contribution in [3.8, 4) is 5.75 Å². The molecule has 4 heteroatoms. The van der Waals surface area contributed by atoms with Gasteiger partial charge < -0.3 is 14.1 Å². The second kappa shape index (κ2) is 6.87. The standard InChI is InChI=1S/C22H23NO3/c1-15-12-18-13-17(9-10-21(18)26-15)22(24)23-11-4-3-8-20(23)16-6-5-7-19(14-16)25-2/h5-7,9-10,12-14,20H,3-4,8,11H2,1-2H3/t20-/m1/s1. The lowest BCUT2D eigenvalue weighted by Gasteiger charge is -2.36. The van der Waals surface area contributed by atoms with E-state index in [2.05, 4.69) is 6.07 Å². The Balaban J connectivity index is 1.66. The average molecular weight is 349 g/mol. The van der Waals surface area contributed by atoms with E-state index in [0.29, 0.717) is 5.56 Å². The number of hydrogen-bond acceptors (Lipinski definition) is 3. The molecule has 1 saturated heterocycles. The van der Waals surface area contributed by atoms with Crippen LogP contribution < -0.4 is 4.74 Å². The van der Waals surface area contributed by atoms with Crippen molar-refractivity contribution in [3.05, 3.63) is 65.4 Å². The molecular formula is C22H23NO3. The predicted molar refractivity (Wildman–Crippen MR) is 102 cm³/mol. The maximum atomic E-state index is 13.3. The SMILES string of the molecule is COc1cccc([C@H]2CCCCN2C(=O)c2ccc3oc(C)cc3c2)c1. The third-order valence-electron chi connectivity index (χ3n) is 5.13. The van der Waals surface area contributed by atoms with Gasteiger partial charge in [0.15, 0.2) is 0 Å². The number of furan rings is 1. The van der Waals surface area contributed by atoms with Gasteiger partial charge in [0.2, 0.25) is 0 Å². The van der Waals surface area contributed by atoms with Gasteiger partial charge in [-0.15, -0.1) is 0 Å². The first kappa shape index (κ1) is 16.7. The zero-order valence-electron chi connectivity index (χ0n) is 15.2. The van der Waals surface area contributed by atoms with Gasteiger partial charge in [0, 0.05) is 17.5 Å². The third-order valence-corrected chi connectivity index (χ3v) is 5.13. The van der Waals surface area contributed by atoms with Gasteiger partial charge in [-0.05, 0) is 68.1 Å². The number of nitrogens with zero attached hydrogens (tertiary/aromatic N) is 1. The molecule has 2 heterocycles.